The molecule has 4 rings (SSSR count). The molecule has 5 amide bonds. The summed E-state index contributed by atoms with van der Waals surface area (Å²) in [5.41, 5.74) is 7.32. The molecule has 210 valence electrons. The first-order valence-electron chi connectivity index (χ1n) is 12.2. The Labute approximate surface area is 228 Å². The summed E-state index contributed by atoms with van der Waals surface area (Å²) in [4.78, 5) is 61.4. The van der Waals surface area contributed by atoms with E-state index in [0.29, 0.717) is 22.8 Å². The van der Waals surface area contributed by atoms with Crippen LogP contribution < -0.4 is 32.3 Å². The molecule has 1 saturated heterocycles. The Kier molecular flexibility index (Phi) is 7.74. The molecule has 1 aliphatic rings. The Morgan fingerprint density at radius 3 is 1.70 bits per heavy atom. The number of rotatable bonds is 10. The average molecular weight is 551 g/mol. The van der Waals surface area contributed by atoms with Crippen molar-refractivity contribution < 1.29 is 24.0 Å². The fraction of sp³-hybridized carbons (Fsp3) is 0.280. The van der Waals surface area contributed by atoms with E-state index in [9.17, 15) is 24.0 Å². The van der Waals surface area contributed by atoms with Crippen LogP contribution in [0.4, 0.5) is 17.1 Å². The van der Waals surface area contributed by atoms with E-state index in [1.807, 2.05) is 0 Å². The molecule has 0 bridgehead atoms. The Bertz CT molecular complexity index is 1520. The van der Waals surface area contributed by atoms with Gasteiger partial charge in [-0.1, -0.05) is 0 Å². The van der Waals surface area contributed by atoms with E-state index in [4.69, 9.17) is 11.1 Å². The summed E-state index contributed by atoms with van der Waals surface area (Å²) in [5.74, 6) is -1.87. The fourth-order valence-corrected chi connectivity index (χ4v) is 4.11. The standard InChI is InChI=1S/C25H30N10O5/c1-33-11-14(6-17(33)23(38)28-5-4-20(26)27)30-25(40)19-8-15(12-35(19)3)31-24(39)18-7-13(10-34(18)2)29-22(37)16-9-21(36)32-16/h6-8,10-12,16H,4-5,9H2,1-3H3,(H3,26,27)(H,28,38)(H,29,37)(H,30,40)(H,31,39)(H,32,36). The summed E-state index contributed by atoms with van der Waals surface area (Å²) in [5, 5.41) is 20.5. The molecule has 3 aromatic rings. The largest absolute Gasteiger partial charge is 0.388 e. The van der Waals surface area contributed by atoms with E-state index >= 15 is 0 Å². The van der Waals surface area contributed by atoms with Gasteiger partial charge in [-0.05, 0) is 18.2 Å². The molecule has 1 aliphatic heterocycles. The van der Waals surface area contributed by atoms with Crippen LogP contribution in [0.25, 0.3) is 0 Å². The Morgan fingerprint density at radius 2 is 1.27 bits per heavy atom. The van der Waals surface area contributed by atoms with E-state index in [0.717, 1.165) is 0 Å². The van der Waals surface area contributed by atoms with E-state index in [1.54, 1.807) is 53.4 Å². The second-order valence-corrected chi connectivity index (χ2v) is 9.43. The zero-order chi connectivity index (χ0) is 29.1. The number of carbonyl (C=O) groups excluding carboxylic acids is 5. The summed E-state index contributed by atoms with van der Waals surface area (Å²) < 4.78 is 4.66. The van der Waals surface area contributed by atoms with Gasteiger partial charge in [0.05, 0.1) is 29.3 Å². The van der Waals surface area contributed by atoms with Gasteiger partial charge < -0.3 is 46.0 Å². The summed E-state index contributed by atoms with van der Waals surface area (Å²) in [6, 6.07) is 3.96. The van der Waals surface area contributed by atoms with Crippen LogP contribution in [0.5, 0.6) is 0 Å². The number of amidine groups is 1. The minimum absolute atomic E-state index is 0.0307. The lowest BCUT2D eigenvalue weighted by Gasteiger charge is -2.25. The molecule has 1 fully saturated rings. The first-order valence-corrected chi connectivity index (χ1v) is 12.2. The molecule has 0 radical (unpaired) electrons. The zero-order valence-electron chi connectivity index (χ0n) is 22.1. The molecule has 15 nitrogen and oxygen atoms in total. The molecular formula is C25H30N10O5. The summed E-state index contributed by atoms with van der Waals surface area (Å²) in [6.07, 6.45) is 5.10. The molecule has 8 N–H and O–H groups in total. The second kappa shape index (κ2) is 11.2. The van der Waals surface area contributed by atoms with Crippen LogP contribution in [0, 0.1) is 5.41 Å². The minimum Gasteiger partial charge on any atom is -0.388 e. The number of nitrogens with two attached hydrogens (primary N) is 1. The molecule has 1 atom stereocenters. The number of aryl methyl sites for hydroxylation is 3. The average Bonchev–Trinajstić information content (AvgIpc) is 3.52. The van der Waals surface area contributed by atoms with Crippen molar-refractivity contribution in [1.29, 1.82) is 5.41 Å². The van der Waals surface area contributed by atoms with Crippen molar-refractivity contribution in [1.82, 2.24) is 24.3 Å². The van der Waals surface area contributed by atoms with Crippen LogP contribution in [-0.2, 0) is 30.7 Å². The quantitative estimate of drug-likeness (QED) is 0.106. The third-order valence-corrected chi connectivity index (χ3v) is 6.22. The topological polar surface area (TPSA) is 210 Å². The third kappa shape index (κ3) is 6.20. The Hall–Kier alpha value is -5.34. The first kappa shape index (κ1) is 27.7. The summed E-state index contributed by atoms with van der Waals surface area (Å²) in [7, 11) is 4.97. The van der Waals surface area contributed by atoms with Crippen molar-refractivity contribution in [2.45, 2.75) is 18.9 Å². The van der Waals surface area contributed by atoms with Gasteiger partial charge in [0.2, 0.25) is 11.8 Å². The van der Waals surface area contributed by atoms with Gasteiger partial charge in [0.25, 0.3) is 17.7 Å². The maximum absolute atomic E-state index is 12.9. The molecule has 0 saturated carbocycles. The van der Waals surface area contributed by atoms with E-state index in [-0.39, 0.29) is 54.3 Å². The number of nitrogens with one attached hydrogen (secondary N) is 6. The third-order valence-electron chi connectivity index (χ3n) is 6.22. The number of amides is 5. The van der Waals surface area contributed by atoms with Crippen LogP contribution in [-0.4, -0.2) is 61.7 Å². The zero-order valence-corrected chi connectivity index (χ0v) is 22.1. The number of hydrogen-bond donors (Lipinski definition) is 7. The van der Waals surface area contributed by atoms with Gasteiger partial charge in [-0.2, -0.15) is 0 Å². The van der Waals surface area contributed by atoms with Gasteiger partial charge in [0.1, 0.15) is 23.1 Å². The molecule has 15 heteroatoms. The number of carbonyl (C=O) groups is 5. The highest BCUT2D eigenvalue weighted by Crippen LogP contribution is 2.20. The molecule has 0 spiro atoms. The predicted molar refractivity (Wildman–Crippen MR) is 146 cm³/mol. The van der Waals surface area contributed by atoms with Crippen molar-refractivity contribution in [2.75, 3.05) is 22.5 Å². The lowest BCUT2D eigenvalue weighted by Crippen LogP contribution is -2.55. The van der Waals surface area contributed by atoms with E-state index in [1.165, 1.54) is 18.2 Å². The Balaban J connectivity index is 1.37. The van der Waals surface area contributed by atoms with Crippen molar-refractivity contribution in [3.05, 3.63) is 53.9 Å². The SMILES string of the molecule is Cn1cc(NC(=O)c2cc(NC(=O)c3cc(NC(=O)C4CC(=O)N4)cn3C)cn2C)cc1C(=O)NCCC(=N)N. The van der Waals surface area contributed by atoms with E-state index in [2.05, 4.69) is 26.6 Å². The highest BCUT2D eigenvalue weighted by atomic mass is 16.2. The van der Waals surface area contributed by atoms with Crippen LogP contribution in [0.2, 0.25) is 0 Å². The maximum Gasteiger partial charge on any atom is 0.272 e. The van der Waals surface area contributed by atoms with E-state index < -0.39 is 17.9 Å². The first-order chi connectivity index (χ1) is 18.9. The van der Waals surface area contributed by atoms with Crippen molar-refractivity contribution in [3.63, 3.8) is 0 Å². The van der Waals surface area contributed by atoms with Gasteiger partial charge in [0, 0.05) is 52.7 Å². The highest BCUT2D eigenvalue weighted by Gasteiger charge is 2.32. The minimum atomic E-state index is -0.587. The van der Waals surface area contributed by atoms with Gasteiger partial charge in [-0.15, -0.1) is 0 Å². The van der Waals surface area contributed by atoms with Gasteiger partial charge in [0.15, 0.2) is 0 Å². The van der Waals surface area contributed by atoms with Gasteiger partial charge in [-0.3, -0.25) is 29.4 Å². The van der Waals surface area contributed by atoms with Crippen LogP contribution in [0.3, 0.4) is 0 Å². The molecule has 0 aliphatic carbocycles. The normalized spacial score (nSPS) is 14.1. The number of anilines is 3. The monoisotopic (exact) mass is 550 g/mol. The molecule has 3 aromatic heterocycles. The molecule has 40 heavy (non-hydrogen) atoms. The number of hydrogen-bond acceptors (Lipinski definition) is 6. The van der Waals surface area contributed by atoms with Crippen molar-refractivity contribution in [2.24, 2.45) is 26.9 Å². The highest BCUT2D eigenvalue weighted by molar-refractivity contribution is 6.08. The summed E-state index contributed by atoms with van der Waals surface area (Å²) >= 11 is 0. The number of nitrogens with zero attached hydrogens (tertiary/aromatic N) is 3. The lowest BCUT2D eigenvalue weighted by molar-refractivity contribution is -0.134. The van der Waals surface area contributed by atoms with Gasteiger partial charge >= 0.3 is 0 Å². The molecule has 4 heterocycles. The lowest BCUT2D eigenvalue weighted by atomic mass is 10.1. The number of β-lactam (4-membered cyclic amide) rings is 1. The molecular weight excluding hydrogens is 520 g/mol. The molecule has 0 aromatic carbocycles. The van der Waals surface area contributed by atoms with Crippen LogP contribution >= 0.6 is 0 Å². The predicted octanol–water partition coefficient (Wildman–Crippen LogP) is 0.0896. The summed E-state index contributed by atoms with van der Waals surface area (Å²) in [6.45, 7) is 0.220. The Morgan fingerprint density at radius 1 is 0.850 bits per heavy atom. The second-order valence-electron chi connectivity index (χ2n) is 9.43. The molecule has 1 unspecified atom stereocenters. The maximum atomic E-state index is 12.9. The number of aromatic nitrogens is 3. The fourth-order valence-electron chi connectivity index (χ4n) is 4.11. The van der Waals surface area contributed by atoms with Gasteiger partial charge in [-0.25, -0.2) is 0 Å². The van der Waals surface area contributed by atoms with Crippen molar-refractivity contribution in [3.8, 4) is 0 Å². The van der Waals surface area contributed by atoms with Crippen LogP contribution in [0.1, 0.15) is 44.3 Å². The van der Waals surface area contributed by atoms with Crippen LogP contribution in [0.15, 0.2) is 36.8 Å². The van der Waals surface area contributed by atoms with Crippen molar-refractivity contribution >= 4 is 52.4 Å². The smallest absolute Gasteiger partial charge is 0.272 e.